The smallest absolute Gasteiger partial charge is 0.243 e. The number of pyridine rings is 1. The van der Waals surface area contributed by atoms with E-state index in [-0.39, 0.29) is 18.3 Å². The highest BCUT2D eigenvalue weighted by molar-refractivity contribution is 5.94. The molecule has 0 fully saturated rings. The standard InChI is InChI=1S/C16H18FN5O/c1-18-16(20-9-12-4-6-13(17)7-5-12)21-11-15(23)22-14-3-2-8-19-10-14/h2-8,10H,9,11H2,1H3,(H,22,23)(H2,18,20,21). The van der Waals surface area contributed by atoms with Gasteiger partial charge in [-0.05, 0) is 29.8 Å². The molecule has 0 aliphatic rings. The van der Waals surface area contributed by atoms with Crippen molar-refractivity contribution in [3.05, 3.63) is 60.2 Å². The number of halogens is 1. The van der Waals surface area contributed by atoms with Gasteiger partial charge in [0.1, 0.15) is 5.82 Å². The Morgan fingerprint density at radius 3 is 2.65 bits per heavy atom. The van der Waals surface area contributed by atoms with Crippen LogP contribution in [0.5, 0.6) is 0 Å². The van der Waals surface area contributed by atoms with Gasteiger partial charge in [0.05, 0.1) is 18.4 Å². The summed E-state index contributed by atoms with van der Waals surface area (Å²) in [5.74, 6) is 0.00160. The Bertz CT molecular complexity index is 658. The summed E-state index contributed by atoms with van der Waals surface area (Å²) in [6.07, 6.45) is 3.20. The van der Waals surface area contributed by atoms with E-state index in [4.69, 9.17) is 0 Å². The van der Waals surface area contributed by atoms with E-state index >= 15 is 0 Å². The van der Waals surface area contributed by atoms with Gasteiger partial charge in [-0.15, -0.1) is 0 Å². The molecule has 120 valence electrons. The van der Waals surface area contributed by atoms with Gasteiger partial charge in [0, 0.05) is 19.8 Å². The minimum Gasteiger partial charge on any atom is -0.352 e. The van der Waals surface area contributed by atoms with Crippen LogP contribution < -0.4 is 16.0 Å². The summed E-state index contributed by atoms with van der Waals surface area (Å²) < 4.78 is 12.8. The summed E-state index contributed by atoms with van der Waals surface area (Å²) in [5, 5.41) is 8.66. The van der Waals surface area contributed by atoms with E-state index in [1.54, 1.807) is 43.7 Å². The Labute approximate surface area is 133 Å². The summed E-state index contributed by atoms with van der Waals surface area (Å²) >= 11 is 0. The molecule has 0 radical (unpaired) electrons. The van der Waals surface area contributed by atoms with Crippen molar-refractivity contribution in [2.24, 2.45) is 4.99 Å². The lowest BCUT2D eigenvalue weighted by Crippen LogP contribution is -2.41. The van der Waals surface area contributed by atoms with Crippen LogP contribution in [0.15, 0.2) is 53.8 Å². The first kappa shape index (κ1) is 16.4. The van der Waals surface area contributed by atoms with Gasteiger partial charge < -0.3 is 16.0 Å². The third-order valence-corrected chi connectivity index (χ3v) is 2.96. The number of rotatable bonds is 5. The molecule has 0 saturated heterocycles. The fourth-order valence-corrected chi connectivity index (χ4v) is 1.81. The fraction of sp³-hybridized carbons (Fsp3) is 0.188. The average Bonchev–Trinajstić information content (AvgIpc) is 2.57. The third kappa shape index (κ3) is 5.74. The van der Waals surface area contributed by atoms with E-state index in [2.05, 4.69) is 25.9 Å². The van der Waals surface area contributed by atoms with E-state index < -0.39 is 0 Å². The minimum atomic E-state index is -0.275. The number of guanidine groups is 1. The third-order valence-electron chi connectivity index (χ3n) is 2.96. The normalized spacial score (nSPS) is 11.0. The highest BCUT2D eigenvalue weighted by atomic mass is 19.1. The van der Waals surface area contributed by atoms with E-state index in [0.29, 0.717) is 18.2 Å². The van der Waals surface area contributed by atoms with Crippen molar-refractivity contribution in [1.29, 1.82) is 0 Å². The Balaban J connectivity index is 1.76. The maximum absolute atomic E-state index is 12.8. The number of aliphatic imine (C=N–C) groups is 1. The number of benzene rings is 1. The van der Waals surface area contributed by atoms with Gasteiger partial charge in [0.2, 0.25) is 5.91 Å². The first-order chi connectivity index (χ1) is 11.2. The minimum absolute atomic E-state index is 0.0674. The Kier molecular flexibility index (Phi) is 6.05. The summed E-state index contributed by atoms with van der Waals surface area (Å²) in [5.41, 5.74) is 1.54. The molecule has 1 aromatic carbocycles. The number of hydrogen-bond donors (Lipinski definition) is 3. The predicted molar refractivity (Wildman–Crippen MR) is 87.5 cm³/mol. The van der Waals surface area contributed by atoms with Crippen LogP contribution in [0, 0.1) is 5.82 Å². The van der Waals surface area contributed by atoms with Gasteiger partial charge in [-0.3, -0.25) is 14.8 Å². The van der Waals surface area contributed by atoms with Crippen LogP contribution in [0.25, 0.3) is 0 Å². The van der Waals surface area contributed by atoms with E-state index in [1.807, 2.05) is 0 Å². The van der Waals surface area contributed by atoms with Crippen LogP contribution >= 0.6 is 0 Å². The molecule has 2 aromatic rings. The predicted octanol–water partition coefficient (Wildman–Crippen LogP) is 1.52. The monoisotopic (exact) mass is 315 g/mol. The second-order valence-electron chi connectivity index (χ2n) is 4.70. The molecule has 7 heteroatoms. The number of carbonyl (C=O) groups excluding carboxylic acids is 1. The molecular weight excluding hydrogens is 297 g/mol. The maximum atomic E-state index is 12.8. The molecule has 0 atom stereocenters. The quantitative estimate of drug-likeness (QED) is 0.577. The van der Waals surface area contributed by atoms with Crippen LogP contribution in [0.3, 0.4) is 0 Å². The zero-order valence-electron chi connectivity index (χ0n) is 12.7. The molecule has 2 rings (SSSR count). The molecule has 1 amide bonds. The number of anilines is 1. The molecule has 0 saturated carbocycles. The number of nitrogens with one attached hydrogen (secondary N) is 3. The molecule has 0 bridgehead atoms. The van der Waals surface area contributed by atoms with Crippen molar-refractivity contribution in [3.8, 4) is 0 Å². The average molecular weight is 315 g/mol. The molecule has 0 aliphatic heterocycles. The Hall–Kier alpha value is -2.96. The molecule has 0 spiro atoms. The number of nitrogens with zero attached hydrogens (tertiary/aromatic N) is 2. The van der Waals surface area contributed by atoms with Gasteiger partial charge in [0.15, 0.2) is 5.96 Å². The molecule has 1 heterocycles. The van der Waals surface area contributed by atoms with Crippen LogP contribution in [-0.4, -0.2) is 30.4 Å². The lowest BCUT2D eigenvalue weighted by Gasteiger charge is -2.12. The zero-order valence-corrected chi connectivity index (χ0v) is 12.7. The van der Waals surface area contributed by atoms with Crippen molar-refractivity contribution in [2.45, 2.75) is 6.54 Å². The Morgan fingerprint density at radius 2 is 2.00 bits per heavy atom. The number of carbonyl (C=O) groups is 1. The number of hydrogen-bond acceptors (Lipinski definition) is 3. The van der Waals surface area contributed by atoms with Gasteiger partial charge in [-0.2, -0.15) is 0 Å². The van der Waals surface area contributed by atoms with Crippen LogP contribution in [0.4, 0.5) is 10.1 Å². The molecule has 1 aromatic heterocycles. The summed E-state index contributed by atoms with van der Waals surface area (Å²) in [6.45, 7) is 0.544. The molecule has 0 aliphatic carbocycles. The Morgan fingerprint density at radius 1 is 1.22 bits per heavy atom. The fourth-order valence-electron chi connectivity index (χ4n) is 1.81. The number of amides is 1. The number of aromatic nitrogens is 1. The van der Waals surface area contributed by atoms with Gasteiger partial charge in [-0.1, -0.05) is 12.1 Å². The van der Waals surface area contributed by atoms with Crippen molar-refractivity contribution < 1.29 is 9.18 Å². The summed E-state index contributed by atoms with van der Waals surface area (Å²) in [6, 6.07) is 9.66. The van der Waals surface area contributed by atoms with E-state index in [0.717, 1.165) is 5.56 Å². The van der Waals surface area contributed by atoms with Gasteiger partial charge in [0.25, 0.3) is 0 Å². The molecule has 23 heavy (non-hydrogen) atoms. The first-order valence-corrected chi connectivity index (χ1v) is 7.06. The molecular formula is C16H18FN5O. The van der Waals surface area contributed by atoms with Crippen LogP contribution in [-0.2, 0) is 11.3 Å². The van der Waals surface area contributed by atoms with Crippen LogP contribution in [0.1, 0.15) is 5.56 Å². The second-order valence-corrected chi connectivity index (χ2v) is 4.70. The van der Waals surface area contributed by atoms with Gasteiger partial charge in [-0.25, -0.2) is 4.39 Å². The maximum Gasteiger partial charge on any atom is 0.243 e. The topological polar surface area (TPSA) is 78.4 Å². The molecule has 0 unspecified atom stereocenters. The van der Waals surface area contributed by atoms with Crippen molar-refractivity contribution >= 4 is 17.6 Å². The zero-order chi connectivity index (χ0) is 16.5. The lowest BCUT2D eigenvalue weighted by molar-refractivity contribution is -0.115. The second kappa shape index (κ2) is 8.47. The van der Waals surface area contributed by atoms with Crippen molar-refractivity contribution in [3.63, 3.8) is 0 Å². The van der Waals surface area contributed by atoms with Crippen molar-refractivity contribution in [1.82, 2.24) is 15.6 Å². The summed E-state index contributed by atoms with van der Waals surface area (Å²) in [4.78, 5) is 19.8. The van der Waals surface area contributed by atoms with E-state index in [1.165, 1.54) is 12.1 Å². The summed E-state index contributed by atoms with van der Waals surface area (Å²) in [7, 11) is 1.61. The molecule has 3 N–H and O–H groups in total. The SMILES string of the molecule is CN=C(NCC(=O)Nc1cccnc1)NCc1ccc(F)cc1. The lowest BCUT2D eigenvalue weighted by atomic mass is 10.2. The van der Waals surface area contributed by atoms with Crippen LogP contribution in [0.2, 0.25) is 0 Å². The van der Waals surface area contributed by atoms with E-state index in [9.17, 15) is 9.18 Å². The highest BCUT2D eigenvalue weighted by Crippen LogP contribution is 2.02. The van der Waals surface area contributed by atoms with Gasteiger partial charge >= 0.3 is 0 Å². The largest absolute Gasteiger partial charge is 0.352 e. The highest BCUT2D eigenvalue weighted by Gasteiger charge is 2.04. The first-order valence-electron chi connectivity index (χ1n) is 7.06. The van der Waals surface area contributed by atoms with Crippen molar-refractivity contribution in [2.75, 3.05) is 18.9 Å². The molecule has 6 nitrogen and oxygen atoms in total.